The van der Waals surface area contributed by atoms with Gasteiger partial charge in [-0.05, 0) is 25.8 Å². The van der Waals surface area contributed by atoms with Crippen LogP contribution in [-0.2, 0) is 49.5 Å². The van der Waals surface area contributed by atoms with Crippen molar-refractivity contribution in [3.63, 3.8) is 0 Å². The first-order chi connectivity index (χ1) is 35.0. The molecule has 0 radical (unpaired) electrons. The van der Waals surface area contributed by atoms with E-state index in [1.54, 1.807) is 0 Å². The number of guanidine groups is 1. The number of ketones is 3. The van der Waals surface area contributed by atoms with Gasteiger partial charge < -0.3 is 89.3 Å². The fourth-order valence-corrected chi connectivity index (χ4v) is 11.2. The van der Waals surface area contributed by atoms with Gasteiger partial charge in [0.15, 0.2) is 23.8 Å². The number of Topliss-reactive ketones (excluding diaryl/α,β-unsaturated/α-hetero) is 1. The molecule has 29 heteroatoms. The summed E-state index contributed by atoms with van der Waals surface area (Å²) in [6, 6.07) is -2.65. The number of primary amides is 1. The van der Waals surface area contributed by atoms with Crippen LogP contribution in [-0.4, -0.2) is 177 Å². The molecule has 2 heterocycles. The van der Waals surface area contributed by atoms with Crippen molar-refractivity contribution in [2.45, 2.75) is 106 Å². The molecule has 0 saturated carbocycles. The number of methoxy groups -OCH3 is 1. The summed E-state index contributed by atoms with van der Waals surface area (Å²) in [5, 5.41) is 69.1. The summed E-state index contributed by atoms with van der Waals surface area (Å²) in [6.07, 6.45) is -8.13. The summed E-state index contributed by atoms with van der Waals surface area (Å²) in [5.74, 6) is -10.5. The molecule has 4 aliphatic rings. The van der Waals surface area contributed by atoms with Gasteiger partial charge in [0.25, 0.3) is 0 Å². The number of amides is 6. The third kappa shape index (κ3) is 12.7. The second-order valence-corrected chi connectivity index (χ2v) is 20.4. The molecule has 2 saturated heterocycles. The molecule has 0 bridgehead atoms. The van der Waals surface area contributed by atoms with Crippen LogP contribution in [0.15, 0.2) is 23.2 Å². The Balaban J connectivity index is 1.28. The van der Waals surface area contributed by atoms with Crippen LogP contribution < -0.4 is 54.3 Å². The molecule has 74 heavy (non-hydrogen) atoms. The number of aliphatic imine (C=N–C) groups is 1. The number of aliphatic hydroxyl groups excluding tert-OH is 2. The van der Waals surface area contributed by atoms with Crippen LogP contribution >= 0.6 is 21.6 Å². The highest BCUT2D eigenvalue weighted by Gasteiger charge is 2.50. The minimum Gasteiger partial charge on any atom is -0.507 e. The molecule has 6 amide bonds. The Morgan fingerprint density at radius 1 is 0.932 bits per heavy atom. The number of rotatable bonds is 13. The minimum absolute atomic E-state index is 0.00602. The Labute approximate surface area is 429 Å². The number of benzene rings is 2. The normalized spacial score (nSPS) is 27.8. The zero-order valence-corrected chi connectivity index (χ0v) is 41.5. The molecule has 0 unspecified atom stereocenters. The fraction of sp³-hybridized carbons (Fsp3) is 0.511. The quantitative estimate of drug-likeness (QED) is 0.0252. The largest absolute Gasteiger partial charge is 0.507 e. The molecule has 10 atom stereocenters. The molecule has 2 fully saturated rings. The summed E-state index contributed by atoms with van der Waals surface area (Å²) >= 11 is 0. The van der Waals surface area contributed by atoms with Crippen LogP contribution in [0.4, 0.5) is 0 Å². The molecule has 18 N–H and O–H groups in total. The molecular weight excluding hydrogens is 1020 g/mol. The maximum atomic E-state index is 14.3. The van der Waals surface area contributed by atoms with Crippen LogP contribution in [0.5, 0.6) is 17.2 Å². The fourth-order valence-electron chi connectivity index (χ4n) is 8.91. The van der Waals surface area contributed by atoms with Crippen molar-refractivity contribution >= 4 is 80.3 Å². The molecule has 2 aromatic carbocycles. The number of hydrogen-bond donors (Lipinski definition) is 14. The maximum Gasteiger partial charge on any atom is 0.243 e. The lowest BCUT2D eigenvalue weighted by Crippen LogP contribution is -2.60. The molecule has 2 aromatic rings. The monoisotopic (exact) mass is 1070 g/mol. The van der Waals surface area contributed by atoms with E-state index in [0.29, 0.717) is 0 Å². The van der Waals surface area contributed by atoms with Gasteiger partial charge in [-0.1, -0.05) is 33.7 Å². The van der Waals surface area contributed by atoms with Gasteiger partial charge in [0.1, 0.15) is 53.7 Å². The Morgan fingerprint density at radius 2 is 1.64 bits per heavy atom. The van der Waals surface area contributed by atoms with Crippen LogP contribution in [0.3, 0.4) is 0 Å². The number of nitrogens with zero attached hydrogens (tertiary/aromatic N) is 1. The molecule has 0 aromatic heterocycles. The van der Waals surface area contributed by atoms with Crippen LogP contribution in [0.1, 0.15) is 88.1 Å². The Morgan fingerprint density at radius 3 is 2.31 bits per heavy atom. The standard InChI is InChI=1S/C45H58N10O17S2/c1-17-35(60)22(53-43(68)24-16-74-73-15-20(46)40(65)54-23(9-28(47)58)41(66)51-13-29(59)52-21(42(67)55-24)6-4-8-50-44(48)49)10-30(71-17)72-26-12-45(69,27(57)14-56)11-19-32(26)39(64)34-33(37(19)62)36(61)18-5-3-7-25(70-2)31(18)38(34)63/h3,5,7,17,20-24,26,30,35,56,60,62,64,69H,4,6,8-16,46H2,1-2H3,(H2,47,58)(H,51,66)(H,52,59)(H,53,68)(H,54,65)(H,55,67)(H4,48,49,50)/t17-,20-,21-,22-,23-,24-,26-,30-,35+,45-/m0/s1. The van der Waals surface area contributed by atoms with E-state index in [2.05, 4.69) is 31.6 Å². The van der Waals surface area contributed by atoms with Gasteiger partial charge in [-0.25, -0.2) is 0 Å². The molecule has 2 aliphatic heterocycles. The number of aromatic hydroxyl groups is 2. The van der Waals surface area contributed by atoms with E-state index in [1.165, 1.54) is 32.2 Å². The number of carbonyl (C=O) groups excluding carboxylic acids is 9. The third-order valence-electron chi connectivity index (χ3n) is 12.7. The van der Waals surface area contributed by atoms with Crippen molar-refractivity contribution in [2.75, 3.05) is 38.3 Å². The zero-order chi connectivity index (χ0) is 54.3. The summed E-state index contributed by atoms with van der Waals surface area (Å²) in [7, 11) is 3.26. The van der Waals surface area contributed by atoms with Crippen molar-refractivity contribution in [3.05, 3.63) is 51.6 Å². The minimum atomic E-state index is -2.48. The van der Waals surface area contributed by atoms with Crippen molar-refractivity contribution in [1.29, 1.82) is 0 Å². The summed E-state index contributed by atoms with van der Waals surface area (Å²) < 4.78 is 17.6. The highest BCUT2D eigenvalue weighted by molar-refractivity contribution is 8.76. The lowest BCUT2D eigenvalue weighted by atomic mass is 9.72. The van der Waals surface area contributed by atoms with E-state index in [1.807, 2.05) is 0 Å². The SMILES string of the molecule is COc1cccc2c1C(=O)c1c(O)c3c(c(O)c1C2=O)C[C@@](O)(C(=O)CO)C[C@@H]3O[C@H]1C[C@H](NC(=O)[C@@H]2CSSC[C@H](N)C(=O)N[C@@H](CC(N)=O)C(=O)NCC(=O)N[C@@H](CCCN=C(N)N)C(=O)N2)[C@H](O)[C@H](C)O1. The Kier molecular flexibility index (Phi) is 18.5. The van der Waals surface area contributed by atoms with E-state index >= 15 is 0 Å². The van der Waals surface area contributed by atoms with Gasteiger partial charge in [-0.2, -0.15) is 0 Å². The van der Waals surface area contributed by atoms with Gasteiger partial charge in [-0.15, -0.1) is 0 Å². The molecule has 0 spiro atoms. The van der Waals surface area contributed by atoms with Crippen LogP contribution in [0, 0.1) is 0 Å². The number of carbonyl (C=O) groups is 9. The Bertz CT molecular complexity index is 2620. The Hall–Kier alpha value is -6.60. The second kappa shape index (κ2) is 24.2. The number of nitrogens with two attached hydrogens (primary N) is 4. The molecule has 2 aliphatic carbocycles. The number of ether oxygens (including phenoxy) is 3. The number of nitrogens with one attached hydrogen (secondary N) is 5. The van der Waals surface area contributed by atoms with Gasteiger partial charge >= 0.3 is 0 Å². The second-order valence-electron chi connectivity index (χ2n) is 17.9. The van der Waals surface area contributed by atoms with Crippen molar-refractivity contribution in [3.8, 4) is 17.2 Å². The number of phenols is 2. The predicted octanol–water partition coefficient (Wildman–Crippen LogP) is -4.62. The first-order valence-corrected chi connectivity index (χ1v) is 25.5. The lowest BCUT2D eigenvalue weighted by molar-refractivity contribution is -0.249. The van der Waals surface area contributed by atoms with E-state index in [9.17, 15) is 68.7 Å². The van der Waals surface area contributed by atoms with Gasteiger partial charge in [-0.3, -0.25) is 48.1 Å². The molecule has 27 nitrogen and oxygen atoms in total. The first kappa shape index (κ1) is 56.7. The van der Waals surface area contributed by atoms with Gasteiger partial charge in [0.2, 0.25) is 41.2 Å². The van der Waals surface area contributed by atoms with Crippen molar-refractivity contribution in [2.24, 2.45) is 27.9 Å². The number of phenolic OH excluding ortho intramolecular Hbond substituents is 2. The smallest absolute Gasteiger partial charge is 0.243 e. The average Bonchev–Trinajstić information content (AvgIpc) is 3.35. The van der Waals surface area contributed by atoms with Crippen molar-refractivity contribution in [1.82, 2.24) is 26.6 Å². The topological polar surface area (TPSA) is 459 Å². The predicted molar refractivity (Wildman–Crippen MR) is 261 cm³/mol. The summed E-state index contributed by atoms with van der Waals surface area (Å²) in [5.41, 5.74) is 17.5. The highest BCUT2D eigenvalue weighted by atomic mass is 33.1. The summed E-state index contributed by atoms with van der Waals surface area (Å²) in [6.45, 7) is -0.455. The maximum absolute atomic E-state index is 14.3. The van der Waals surface area contributed by atoms with Gasteiger partial charge in [0.05, 0.1) is 61.1 Å². The van der Waals surface area contributed by atoms with Crippen LogP contribution in [0.2, 0.25) is 0 Å². The van der Waals surface area contributed by atoms with E-state index in [0.717, 1.165) is 21.6 Å². The van der Waals surface area contributed by atoms with Crippen molar-refractivity contribution < 1.29 is 82.9 Å². The molecule has 6 rings (SSSR count). The molecular formula is C45H58N10O17S2. The lowest BCUT2D eigenvalue weighted by Gasteiger charge is -2.43. The highest BCUT2D eigenvalue weighted by Crippen LogP contribution is 2.52. The summed E-state index contributed by atoms with van der Waals surface area (Å²) in [4.78, 5) is 124. The number of aliphatic hydroxyl groups is 3. The van der Waals surface area contributed by atoms with E-state index in [4.69, 9.17) is 37.1 Å². The zero-order valence-electron chi connectivity index (χ0n) is 39.9. The average molecular weight is 1080 g/mol. The third-order valence-corrected chi connectivity index (χ3v) is 15.1. The van der Waals surface area contributed by atoms with E-state index in [-0.39, 0.29) is 64.9 Å². The van der Waals surface area contributed by atoms with Gasteiger partial charge in [0, 0.05) is 54.0 Å². The van der Waals surface area contributed by atoms with Crippen LogP contribution in [0.25, 0.3) is 0 Å². The number of hydrogen-bond acceptors (Lipinski definition) is 21. The van der Waals surface area contributed by atoms with E-state index < -0.39 is 175 Å². The number of fused-ring (bicyclic) bond motifs is 3. The molecule has 402 valence electrons. The first-order valence-electron chi connectivity index (χ1n) is 23.0.